The van der Waals surface area contributed by atoms with E-state index in [4.69, 9.17) is 5.73 Å². The van der Waals surface area contributed by atoms with Crippen molar-refractivity contribution < 1.29 is 13.2 Å². The maximum Gasteiger partial charge on any atom is 0.254 e. The second-order valence-electron chi connectivity index (χ2n) is 6.08. The third-order valence-electron chi connectivity index (χ3n) is 4.42. The average Bonchev–Trinajstić information content (AvgIpc) is 2.62. The molecule has 2 aromatic rings. The highest BCUT2D eigenvalue weighted by molar-refractivity contribution is 7.89. The zero-order chi connectivity index (χ0) is 18.0. The summed E-state index contributed by atoms with van der Waals surface area (Å²) in [6.07, 6.45) is 0. The number of piperazine rings is 1. The molecule has 0 aliphatic carbocycles. The van der Waals surface area contributed by atoms with Crippen molar-refractivity contribution in [1.29, 1.82) is 0 Å². The third-order valence-corrected chi connectivity index (χ3v) is 6.33. The van der Waals surface area contributed by atoms with Crippen molar-refractivity contribution >= 4 is 21.6 Å². The van der Waals surface area contributed by atoms with Gasteiger partial charge in [0.05, 0.1) is 4.90 Å². The van der Waals surface area contributed by atoms with Crippen LogP contribution in [0.5, 0.6) is 0 Å². The number of carbonyl (C=O) groups excluding carboxylic acids is 1. The Kier molecular flexibility index (Phi) is 4.78. The largest absolute Gasteiger partial charge is 0.399 e. The number of benzene rings is 2. The topological polar surface area (TPSA) is 83.7 Å². The normalized spacial score (nSPS) is 16.0. The third kappa shape index (κ3) is 3.52. The number of anilines is 1. The van der Waals surface area contributed by atoms with E-state index in [0.717, 1.165) is 5.56 Å². The maximum atomic E-state index is 12.7. The molecular formula is C18H21N3O3S. The zero-order valence-electron chi connectivity index (χ0n) is 14.1. The molecule has 0 radical (unpaired) electrons. The Hall–Kier alpha value is -2.38. The molecule has 0 saturated carbocycles. The quantitative estimate of drug-likeness (QED) is 0.846. The van der Waals surface area contributed by atoms with E-state index in [9.17, 15) is 13.2 Å². The van der Waals surface area contributed by atoms with E-state index < -0.39 is 10.0 Å². The van der Waals surface area contributed by atoms with E-state index in [2.05, 4.69) is 0 Å². The minimum absolute atomic E-state index is 0.0531. The Labute approximate surface area is 147 Å². The van der Waals surface area contributed by atoms with Crippen LogP contribution in [0, 0.1) is 6.92 Å². The van der Waals surface area contributed by atoms with Gasteiger partial charge in [-0.3, -0.25) is 4.79 Å². The first kappa shape index (κ1) is 17.4. The molecule has 1 aliphatic rings. The molecule has 3 rings (SSSR count). The van der Waals surface area contributed by atoms with Gasteiger partial charge in [-0.25, -0.2) is 8.42 Å². The van der Waals surface area contributed by atoms with Crippen LogP contribution in [0.2, 0.25) is 0 Å². The summed E-state index contributed by atoms with van der Waals surface area (Å²) in [4.78, 5) is 14.6. The first-order chi connectivity index (χ1) is 11.9. The van der Waals surface area contributed by atoms with Gasteiger partial charge in [0.25, 0.3) is 5.91 Å². The highest BCUT2D eigenvalue weighted by Gasteiger charge is 2.30. The van der Waals surface area contributed by atoms with Crippen molar-refractivity contribution in [3.63, 3.8) is 0 Å². The van der Waals surface area contributed by atoms with E-state index in [0.29, 0.717) is 24.3 Å². The fourth-order valence-corrected chi connectivity index (χ4v) is 4.33. The van der Waals surface area contributed by atoms with Crippen molar-refractivity contribution in [3.05, 3.63) is 59.7 Å². The predicted molar refractivity (Wildman–Crippen MR) is 96.7 cm³/mol. The van der Waals surface area contributed by atoms with Crippen LogP contribution in [0.3, 0.4) is 0 Å². The average molecular weight is 359 g/mol. The number of sulfonamides is 1. The molecule has 2 aromatic carbocycles. The van der Waals surface area contributed by atoms with Gasteiger partial charge in [0, 0.05) is 37.4 Å². The molecule has 0 unspecified atom stereocenters. The summed E-state index contributed by atoms with van der Waals surface area (Å²) in [7, 11) is -3.56. The van der Waals surface area contributed by atoms with Crippen molar-refractivity contribution in [2.24, 2.45) is 0 Å². The molecule has 1 heterocycles. The fraction of sp³-hybridized carbons (Fsp3) is 0.278. The molecule has 1 amide bonds. The standard InChI is InChI=1S/C18H21N3O3S/c1-14-4-2-3-5-17(14)18(22)20-10-12-21(13-11-20)25(23,24)16-8-6-15(19)7-9-16/h2-9H,10-13,19H2,1H3. The highest BCUT2D eigenvalue weighted by Crippen LogP contribution is 2.20. The molecular weight excluding hydrogens is 338 g/mol. The lowest BCUT2D eigenvalue weighted by atomic mass is 10.1. The van der Waals surface area contributed by atoms with Gasteiger partial charge in [0.1, 0.15) is 0 Å². The number of nitrogen functional groups attached to an aromatic ring is 1. The second kappa shape index (κ2) is 6.85. The Morgan fingerprint density at radius 1 is 0.960 bits per heavy atom. The van der Waals surface area contributed by atoms with Crippen LogP contribution in [0.25, 0.3) is 0 Å². The summed E-state index contributed by atoms with van der Waals surface area (Å²) in [6, 6.07) is 13.6. The van der Waals surface area contributed by atoms with Crippen molar-refractivity contribution in [1.82, 2.24) is 9.21 Å². The molecule has 0 spiro atoms. The minimum atomic E-state index is -3.56. The predicted octanol–water partition coefficient (Wildman–Crippen LogP) is 1.72. The van der Waals surface area contributed by atoms with Gasteiger partial charge < -0.3 is 10.6 Å². The molecule has 7 heteroatoms. The van der Waals surface area contributed by atoms with Crippen LogP contribution in [-0.2, 0) is 10.0 Å². The molecule has 2 N–H and O–H groups in total. The summed E-state index contributed by atoms with van der Waals surface area (Å²) < 4.78 is 26.8. The number of carbonyl (C=O) groups is 1. The summed E-state index contributed by atoms with van der Waals surface area (Å²) in [5, 5.41) is 0. The molecule has 25 heavy (non-hydrogen) atoms. The Balaban J connectivity index is 1.70. The number of amides is 1. The molecule has 6 nitrogen and oxygen atoms in total. The van der Waals surface area contributed by atoms with Gasteiger partial charge >= 0.3 is 0 Å². The number of aryl methyl sites for hydroxylation is 1. The van der Waals surface area contributed by atoms with Gasteiger partial charge in [-0.05, 0) is 42.8 Å². The van der Waals surface area contributed by atoms with Crippen LogP contribution in [0.1, 0.15) is 15.9 Å². The van der Waals surface area contributed by atoms with E-state index in [1.807, 2.05) is 25.1 Å². The van der Waals surface area contributed by atoms with Crippen LogP contribution >= 0.6 is 0 Å². The monoisotopic (exact) mass is 359 g/mol. The molecule has 132 valence electrons. The van der Waals surface area contributed by atoms with Gasteiger partial charge in [0.2, 0.25) is 10.0 Å². The zero-order valence-corrected chi connectivity index (χ0v) is 14.9. The summed E-state index contributed by atoms with van der Waals surface area (Å²) in [6.45, 7) is 3.21. The molecule has 0 bridgehead atoms. The van der Waals surface area contributed by atoms with Crippen molar-refractivity contribution in [2.75, 3.05) is 31.9 Å². The summed E-state index contributed by atoms with van der Waals surface area (Å²) in [5.41, 5.74) is 7.72. The smallest absolute Gasteiger partial charge is 0.254 e. The lowest BCUT2D eigenvalue weighted by molar-refractivity contribution is 0.0697. The van der Waals surface area contributed by atoms with Crippen LogP contribution in [0.4, 0.5) is 5.69 Å². The van der Waals surface area contributed by atoms with Gasteiger partial charge in [-0.1, -0.05) is 18.2 Å². The number of hydrogen-bond acceptors (Lipinski definition) is 4. The Bertz CT molecular complexity index is 871. The van der Waals surface area contributed by atoms with Crippen LogP contribution in [0.15, 0.2) is 53.4 Å². The van der Waals surface area contributed by atoms with Crippen molar-refractivity contribution in [2.45, 2.75) is 11.8 Å². The van der Waals surface area contributed by atoms with E-state index >= 15 is 0 Å². The minimum Gasteiger partial charge on any atom is -0.399 e. The van der Waals surface area contributed by atoms with Crippen LogP contribution < -0.4 is 5.73 Å². The first-order valence-electron chi connectivity index (χ1n) is 8.10. The van der Waals surface area contributed by atoms with Crippen LogP contribution in [-0.4, -0.2) is 49.7 Å². The summed E-state index contributed by atoms with van der Waals surface area (Å²) >= 11 is 0. The Morgan fingerprint density at radius 3 is 2.16 bits per heavy atom. The second-order valence-corrected chi connectivity index (χ2v) is 8.02. The number of nitrogens with zero attached hydrogens (tertiary/aromatic N) is 2. The van der Waals surface area contributed by atoms with E-state index in [1.165, 1.54) is 16.4 Å². The highest BCUT2D eigenvalue weighted by atomic mass is 32.2. The number of hydrogen-bond donors (Lipinski definition) is 1. The SMILES string of the molecule is Cc1ccccc1C(=O)N1CCN(S(=O)(=O)c2ccc(N)cc2)CC1. The van der Waals surface area contributed by atoms with Gasteiger partial charge in [0.15, 0.2) is 0 Å². The molecule has 1 saturated heterocycles. The maximum absolute atomic E-state index is 12.7. The molecule has 1 aliphatic heterocycles. The molecule has 0 atom stereocenters. The number of nitrogens with two attached hydrogens (primary N) is 1. The molecule has 1 fully saturated rings. The number of rotatable bonds is 3. The first-order valence-corrected chi connectivity index (χ1v) is 9.54. The van der Waals surface area contributed by atoms with Gasteiger partial charge in [-0.15, -0.1) is 0 Å². The lowest BCUT2D eigenvalue weighted by Gasteiger charge is -2.34. The Morgan fingerprint density at radius 2 is 1.56 bits per heavy atom. The molecule has 0 aromatic heterocycles. The fourth-order valence-electron chi connectivity index (χ4n) is 2.90. The summed E-state index contributed by atoms with van der Waals surface area (Å²) in [5.74, 6) is -0.0531. The van der Waals surface area contributed by atoms with E-state index in [1.54, 1.807) is 23.1 Å². The lowest BCUT2D eigenvalue weighted by Crippen LogP contribution is -2.50. The van der Waals surface area contributed by atoms with Gasteiger partial charge in [-0.2, -0.15) is 4.31 Å². The van der Waals surface area contributed by atoms with Crippen molar-refractivity contribution in [3.8, 4) is 0 Å². The van der Waals surface area contributed by atoms with E-state index in [-0.39, 0.29) is 23.9 Å².